The number of nitrogens with one attached hydrogen (secondary N) is 2. The first-order valence-corrected chi connectivity index (χ1v) is 11.9. The normalized spacial score (nSPS) is 11.4. The average molecular weight is 505 g/mol. The standard InChI is InChI=1S/C26H24N4O5S/c1-17(16-33-2)34-22-14-19(25(32)30-26-27-12-13-36-26)15-23(29-22)35-21-10-8-20(9-11-21)28-24(31)18-6-4-3-5-7-18/h3-15,17H,16H2,1-2H3,(H,28,31)(H,27,30,32)/t17-/m1/s1. The van der Waals surface area contributed by atoms with E-state index >= 15 is 0 Å². The third-order valence-corrected chi connectivity index (χ3v) is 5.48. The highest BCUT2D eigenvalue weighted by Gasteiger charge is 2.15. The molecule has 2 aromatic heterocycles. The summed E-state index contributed by atoms with van der Waals surface area (Å²) in [5.41, 5.74) is 1.46. The molecule has 0 aliphatic rings. The molecule has 0 saturated heterocycles. The number of thiazole rings is 1. The quantitative estimate of drug-likeness (QED) is 0.303. The molecule has 2 heterocycles. The summed E-state index contributed by atoms with van der Waals surface area (Å²) in [4.78, 5) is 33.6. The second-order valence-corrected chi connectivity index (χ2v) is 8.55. The first-order chi connectivity index (χ1) is 17.5. The van der Waals surface area contributed by atoms with Crippen molar-refractivity contribution in [3.05, 3.63) is 89.4 Å². The van der Waals surface area contributed by atoms with Crippen molar-refractivity contribution >= 4 is 34.0 Å². The number of benzene rings is 2. The van der Waals surface area contributed by atoms with E-state index in [4.69, 9.17) is 14.2 Å². The summed E-state index contributed by atoms with van der Waals surface area (Å²) in [6, 6.07) is 18.8. The highest BCUT2D eigenvalue weighted by molar-refractivity contribution is 7.13. The Morgan fingerprint density at radius 3 is 2.36 bits per heavy atom. The molecule has 10 heteroatoms. The topological polar surface area (TPSA) is 112 Å². The number of anilines is 2. The fourth-order valence-corrected chi connectivity index (χ4v) is 3.70. The number of hydrogen-bond donors (Lipinski definition) is 2. The lowest BCUT2D eigenvalue weighted by atomic mass is 10.2. The SMILES string of the molecule is COC[C@@H](C)Oc1cc(C(=O)Nc2nccs2)cc(Oc2ccc(NC(=O)c3ccccc3)cc2)n1. The molecular formula is C26H24N4O5S. The molecule has 4 rings (SSSR count). The van der Waals surface area contributed by atoms with Gasteiger partial charge in [-0.25, -0.2) is 4.98 Å². The van der Waals surface area contributed by atoms with E-state index in [-0.39, 0.29) is 29.7 Å². The summed E-state index contributed by atoms with van der Waals surface area (Å²) < 4.78 is 16.8. The first-order valence-electron chi connectivity index (χ1n) is 11.0. The van der Waals surface area contributed by atoms with Crippen LogP contribution in [0.3, 0.4) is 0 Å². The minimum Gasteiger partial charge on any atom is -0.472 e. The van der Waals surface area contributed by atoms with E-state index in [0.717, 1.165) is 0 Å². The zero-order valence-corrected chi connectivity index (χ0v) is 20.5. The van der Waals surface area contributed by atoms with Gasteiger partial charge in [0.05, 0.1) is 12.2 Å². The van der Waals surface area contributed by atoms with E-state index < -0.39 is 0 Å². The van der Waals surface area contributed by atoms with E-state index in [1.54, 1.807) is 67.2 Å². The molecular weight excluding hydrogens is 480 g/mol. The third kappa shape index (κ3) is 6.87. The Balaban J connectivity index is 1.50. The summed E-state index contributed by atoms with van der Waals surface area (Å²) in [6.07, 6.45) is 1.31. The number of methoxy groups -OCH3 is 1. The molecule has 0 fully saturated rings. The highest BCUT2D eigenvalue weighted by Crippen LogP contribution is 2.26. The Morgan fingerprint density at radius 2 is 1.67 bits per heavy atom. The maximum absolute atomic E-state index is 12.8. The second kappa shape index (κ2) is 11.9. The predicted octanol–water partition coefficient (Wildman–Crippen LogP) is 5.25. The van der Waals surface area contributed by atoms with Crippen LogP contribution in [0.25, 0.3) is 0 Å². The molecule has 0 aliphatic carbocycles. The van der Waals surface area contributed by atoms with Crippen LogP contribution in [0, 0.1) is 0 Å². The number of pyridine rings is 1. The van der Waals surface area contributed by atoms with Crippen molar-refractivity contribution in [2.24, 2.45) is 0 Å². The van der Waals surface area contributed by atoms with Gasteiger partial charge in [0.15, 0.2) is 5.13 Å². The summed E-state index contributed by atoms with van der Waals surface area (Å²) in [5.74, 6) is 0.265. The predicted molar refractivity (Wildman–Crippen MR) is 137 cm³/mol. The Bertz CT molecular complexity index is 1300. The van der Waals surface area contributed by atoms with Gasteiger partial charge in [0.2, 0.25) is 11.8 Å². The van der Waals surface area contributed by atoms with Gasteiger partial charge in [0.25, 0.3) is 11.8 Å². The number of carbonyl (C=O) groups is 2. The van der Waals surface area contributed by atoms with Crippen molar-refractivity contribution < 1.29 is 23.8 Å². The average Bonchev–Trinajstić information content (AvgIpc) is 3.39. The lowest BCUT2D eigenvalue weighted by molar-refractivity contribution is 0.0882. The van der Waals surface area contributed by atoms with E-state index in [2.05, 4.69) is 20.6 Å². The van der Waals surface area contributed by atoms with Crippen molar-refractivity contribution in [1.82, 2.24) is 9.97 Å². The van der Waals surface area contributed by atoms with E-state index in [1.807, 2.05) is 13.0 Å². The fraction of sp³-hybridized carbons (Fsp3) is 0.154. The van der Waals surface area contributed by atoms with Crippen LogP contribution in [0.4, 0.5) is 10.8 Å². The monoisotopic (exact) mass is 504 g/mol. The smallest absolute Gasteiger partial charge is 0.257 e. The molecule has 2 N–H and O–H groups in total. The van der Waals surface area contributed by atoms with Crippen molar-refractivity contribution in [2.75, 3.05) is 24.4 Å². The minimum absolute atomic E-state index is 0.169. The van der Waals surface area contributed by atoms with Gasteiger partial charge in [-0.15, -0.1) is 11.3 Å². The van der Waals surface area contributed by atoms with Crippen LogP contribution in [0.15, 0.2) is 78.3 Å². The molecule has 36 heavy (non-hydrogen) atoms. The number of carbonyl (C=O) groups excluding carboxylic acids is 2. The molecule has 0 spiro atoms. The van der Waals surface area contributed by atoms with E-state index in [0.29, 0.717) is 34.3 Å². The van der Waals surface area contributed by atoms with Crippen molar-refractivity contribution in [3.8, 4) is 17.5 Å². The molecule has 4 aromatic rings. The van der Waals surface area contributed by atoms with Gasteiger partial charge in [-0.05, 0) is 43.3 Å². The molecule has 0 unspecified atom stereocenters. The van der Waals surface area contributed by atoms with Gasteiger partial charge in [-0.2, -0.15) is 4.98 Å². The lowest BCUT2D eigenvalue weighted by Gasteiger charge is -2.15. The van der Waals surface area contributed by atoms with Crippen molar-refractivity contribution in [3.63, 3.8) is 0 Å². The van der Waals surface area contributed by atoms with Gasteiger partial charge in [-0.1, -0.05) is 18.2 Å². The van der Waals surface area contributed by atoms with E-state index in [9.17, 15) is 9.59 Å². The van der Waals surface area contributed by atoms with Crippen LogP contribution in [0.5, 0.6) is 17.5 Å². The lowest BCUT2D eigenvalue weighted by Crippen LogP contribution is -2.19. The van der Waals surface area contributed by atoms with Crippen molar-refractivity contribution in [2.45, 2.75) is 13.0 Å². The molecule has 0 saturated carbocycles. The van der Waals surface area contributed by atoms with Crippen LogP contribution in [0.1, 0.15) is 27.6 Å². The molecule has 9 nitrogen and oxygen atoms in total. The maximum Gasteiger partial charge on any atom is 0.257 e. The zero-order valence-electron chi connectivity index (χ0n) is 19.6. The van der Waals surface area contributed by atoms with Crippen molar-refractivity contribution in [1.29, 1.82) is 0 Å². The van der Waals surface area contributed by atoms with Crippen LogP contribution >= 0.6 is 11.3 Å². The Hall–Kier alpha value is -4.28. The molecule has 1 atom stereocenters. The Morgan fingerprint density at radius 1 is 0.944 bits per heavy atom. The number of nitrogens with zero attached hydrogens (tertiary/aromatic N) is 2. The van der Waals surface area contributed by atoms with Gasteiger partial charge in [0.1, 0.15) is 11.9 Å². The Kier molecular flexibility index (Phi) is 8.22. The van der Waals surface area contributed by atoms with Gasteiger partial charge >= 0.3 is 0 Å². The summed E-state index contributed by atoms with van der Waals surface area (Å²) in [5, 5.41) is 7.82. The second-order valence-electron chi connectivity index (χ2n) is 7.65. The number of ether oxygens (including phenoxy) is 3. The third-order valence-electron chi connectivity index (χ3n) is 4.79. The first kappa shape index (κ1) is 24.8. The largest absolute Gasteiger partial charge is 0.472 e. The van der Waals surface area contributed by atoms with E-state index in [1.165, 1.54) is 23.5 Å². The number of aromatic nitrogens is 2. The number of rotatable bonds is 10. The maximum atomic E-state index is 12.8. The van der Waals surface area contributed by atoms with Gasteiger partial charge in [0, 0.05) is 42.1 Å². The molecule has 0 aliphatic heterocycles. The zero-order chi connectivity index (χ0) is 25.3. The summed E-state index contributed by atoms with van der Waals surface area (Å²) in [7, 11) is 1.58. The van der Waals surface area contributed by atoms with Gasteiger partial charge < -0.3 is 19.5 Å². The molecule has 2 aromatic carbocycles. The minimum atomic E-state index is -0.375. The van der Waals surface area contributed by atoms with Gasteiger partial charge in [-0.3, -0.25) is 14.9 Å². The number of amides is 2. The summed E-state index contributed by atoms with van der Waals surface area (Å²) in [6.45, 7) is 2.18. The molecule has 2 amide bonds. The number of hydrogen-bond acceptors (Lipinski definition) is 8. The highest BCUT2D eigenvalue weighted by atomic mass is 32.1. The molecule has 184 valence electrons. The van der Waals surface area contributed by atoms with Crippen LogP contribution in [0.2, 0.25) is 0 Å². The molecule has 0 radical (unpaired) electrons. The fourth-order valence-electron chi connectivity index (χ4n) is 3.17. The summed E-state index contributed by atoms with van der Waals surface area (Å²) >= 11 is 1.31. The van der Waals surface area contributed by atoms with Crippen LogP contribution in [-0.2, 0) is 4.74 Å². The molecule has 0 bridgehead atoms. The Labute approximate surface area is 212 Å². The van der Waals surface area contributed by atoms with Crippen LogP contribution < -0.4 is 20.1 Å². The van der Waals surface area contributed by atoms with Crippen LogP contribution in [-0.4, -0.2) is 41.6 Å².